The number of rotatable bonds is 3. The predicted molar refractivity (Wildman–Crippen MR) is 102 cm³/mol. The average Bonchev–Trinajstić information content (AvgIpc) is 2.89. The summed E-state index contributed by atoms with van der Waals surface area (Å²) in [5.41, 5.74) is 0.921. The molecule has 0 aliphatic carbocycles. The number of methoxy groups -OCH3 is 1. The fourth-order valence-corrected chi connectivity index (χ4v) is 3.83. The third-order valence-corrected chi connectivity index (χ3v) is 4.97. The summed E-state index contributed by atoms with van der Waals surface area (Å²) >= 11 is 0. The Morgan fingerprint density at radius 1 is 1.25 bits per heavy atom. The van der Waals surface area contributed by atoms with E-state index in [4.69, 9.17) is 9.47 Å². The maximum Gasteiger partial charge on any atom is 0.411 e. The van der Waals surface area contributed by atoms with Crippen molar-refractivity contribution in [2.75, 3.05) is 7.11 Å². The van der Waals surface area contributed by atoms with Crippen LogP contribution in [0.15, 0.2) is 24.3 Å². The Morgan fingerprint density at radius 3 is 2.54 bits per heavy atom. The molecule has 0 unspecified atom stereocenters. The van der Waals surface area contributed by atoms with Crippen molar-refractivity contribution in [2.45, 2.75) is 57.7 Å². The number of amides is 1. The first-order valence-corrected chi connectivity index (χ1v) is 9.20. The van der Waals surface area contributed by atoms with Gasteiger partial charge in [-0.05, 0) is 57.2 Å². The van der Waals surface area contributed by atoms with E-state index < -0.39 is 16.5 Å². The number of nitrogens with zero attached hydrogens (tertiary/aromatic N) is 2. The molecule has 1 saturated heterocycles. The third kappa shape index (κ3) is 3.85. The van der Waals surface area contributed by atoms with Gasteiger partial charge in [-0.15, -0.1) is 0 Å². The van der Waals surface area contributed by atoms with Crippen molar-refractivity contribution in [1.82, 2.24) is 4.90 Å². The van der Waals surface area contributed by atoms with Gasteiger partial charge in [0.25, 0.3) is 5.69 Å². The highest BCUT2D eigenvalue weighted by Crippen LogP contribution is 2.40. The summed E-state index contributed by atoms with van der Waals surface area (Å²) in [5, 5.41) is 11.1. The van der Waals surface area contributed by atoms with Crippen LogP contribution in [0.3, 0.4) is 0 Å². The molecule has 3 rings (SSSR count). The van der Waals surface area contributed by atoms with E-state index in [0.29, 0.717) is 12.0 Å². The molecule has 150 valence electrons. The molecule has 1 amide bonds. The van der Waals surface area contributed by atoms with Gasteiger partial charge in [-0.3, -0.25) is 15.0 Å². The second kappa shape index (κ2) is 7.26. The molecule has 2 aliphatic heterocycles. The Labute approximate surface area is 163 Å². The number of carbonyl (C=O) groups excluding carboxylic acids is 2. The van der Waals surface area contributed by atoms with E-state index in [9.17, 15) is 19.7 Å². The lowest BCUT2D eigenvalue weighted by molar-refractivity contribution is -0.384. The van der Waals surface area contributed by atoms with E-state index in [2.05, 4.69) is 0 Å². The highest BCUT2D eigenvalue weighted by Gasteiger charge is 2.42. The molecular weight excluding hydrogens is 364 g/mol. The quantitative estimate of drug-likeness (QED) is 0.442. The molecule has 1 aromatic carbocycles. The van der Waals surface area contributed by atoms with Crippen molar-refractivity contribution >= 4 is 23.3 Å². The van der Waals surface area contributed by atoms with Gasteiger partial charge in [-0.1, -0.05) is 6.08 Å². The van der Waals surface area contributed by atoms with Gasteiger partial charge in [0, 0.05) is 18.2 Å². The van der Waals surface area contributed by atoms with Gasteiger partial charge >= 0.3 is 12.1 Å². The molecule has 1 fully saturated rings. The molecule has 8 nitrogen and oxygen atoms in total. The van der Waals surface area contributed by atoms with Crippen LogP contribution in [0.4, 0.5) is 10.5 Å². The van der Waals surface area contributed by atoms with E-state index in [1.807, 2.05) is 26.8 Å². The standard InChI is InChI=1S/C20H24N2O6/c1-20(2,3)28-19(24)21-13-5-6-14(21)10-12(9-13)16-8-7-15(22(25)26)11-17(16)18(23)27-4/h7-9,11,13-14H,5-6,10H2,1-4H3/t13-,14+/m0/s1. The number of hydrogen-bond donors (Lipinski definition) is 0. The van der Waals surface area contributed by atoms with Gasteiger partial charge in [-0.2, -0.15) is 0 Å². The van der Waals surface area contributed by atoms with E-state index in [1.165, 1.54) is 19.2 Å². The zero-order chi connectivity index (χ0) is 20.6. The van der Waals surface area contributed by atoms with Crippen molar-refractivity contribution in [2.24, 2.45) is 0 Å². The lowest BCUT2D eigenvalue weighted by Crippen LogP contribution is -2.45. The highest BCUT2D eigenvalue weighted by molar-refractivity contribution is 5.96. The van der Waals surface area contributed by atoms with E-state index in [-0.39, 0.29) is 29.4 Å². The largest absolute Gasteiger partial charge is 0.465 e. The molecule has 0 radical (unpaired) electrons. The molecule has 2 aliphatic rings. The summed E-state index contributed by atoms with van der Waals surface area (Å²) in [7, 11) is 1.24. The summed E-state index contributed by atoms with van der Waals surface area (Å²) in [5.74, 6) is -0.624. The minimum atomic E-state index is -0.624. The molecule has 0 N–H and O–H groups in total. The van der Waals surface area contributed by atoms with Crippen molar-refractivity contribution in [3.63, 3.8) is 0 Å². The molecule has 2 bridgehead atoms. The molecule has 2 heterocycles. The number of hydrogen-bond acceptors (Lipinski definition) is 6. The predicted octanol–water partition coefficient (Wildman–Crippen LogP) is 3.94. The summed E-state index contributed by atoms with van der Waals surface area (Å²) in [6.45, 7) is 5.49. The van der Waals surface area contributed by atoms with Crippen LogP contribution in [0.2, 0.25) is 0 Å². The van der Waals surface area contributed by atoms with E-state index >= 15 is 0 Å². The minimum absolute atomic E-state index is 0.0273. The topological polar surface area (TPSA) is 99.0 Å². The van der Waals surface area contributed by atoms with E-state index in [0.717, 1.165) is 18.4 Å². The maximum absolute atomic E-state index is 12.6. The molecule has 0 saturated carbocycles. The van der Waals surface area contributed by atoms with Crippen LogP contribution in [0.5, 0.6) is 0 Å². The number of benzene rings is 1. The minimum Gasteiger partial charge on any atom is -0.465 e. The van der Waals surface area contributed by atoms with Crippen molar-refractivity contribution in [3.05, 3.63) is 45.5 Å². The summed E-state index contributed by atoms with van der Waals surface area (Å²) in [6.07, 6.45) is 3.82. The second-order valence-electron chi connectivity index (χ2n) is 8.06. The number of ether oxygens (including phenoxy) is 2. The smallest absolute Gasteiger partial charge is 0.411 e. The number of fused-ring (bicyclic) bond motifs is 2. The van der Waals surface area contributed by atoms with Crippen LogP contribution in [-0.4, -0.2) is 46.7 Å². The van der Waals surface area contributed by atoms with Crippen molar-refractivity contribution in [1.29, 1.82) is 0 Å². The van der Waals surface area contributed by atoms with Gasteiger partial charge in [-0.25, -0.2) is 9.59 Å². The van der Waals surface area contributed by atoms with Gasteiger partial charge in [0.1, 0.15) is 5.60 Å². The molecule has 0 aromatic heterocycles. The Hall–Kier alpha value is -2.90. The number of carbonyl (C=O) groups is 2. The average molecular weight is 388 g/mol. The SMILES string of the molecule is COC(=O)c1cc([N+](=O)[O-])ccc1C1=C[C@@H]2CC[C@H](C1)N2C(=O)OC(C)(C)C. The molecule has 8 heteroatoms. The number of non-ortho nitro benzene ring substituents is 1. The van der Waals surface area contributed by atoms with E-state index in [1.54, 1.807) is 11.0 Å². The zero-order valence-electron chi connectivity index (χ0n) is 16.4. The van der Waals surface area contributed by atoms with Crippen LogP contribution in [0.1, 0.15) is 56.0 Å². The maximum atomic E-state index is 12.6. The molecule has 1 aromatic rings. The van der Waals surface area contributed by atoms with Gasteiger partial charge < -0.3 is 9.47 Å². The lowest BCUT2D eigenvalue weighted by Gasteiger charge is -2.35. The second-order valence-corrected chi connectivity index (χ2v) is 8.06. The third-order valence-electron chi connectivity index (χ3n) is 4.97. The fourth-order valence-electron chi connectivity index (χ4n) is 3.83. The van der Waals surface area contributed by atoms with Crippen LogP contribution in [0.25, 0.3) is 5.57 Å². The fraction of sp³-hybridized carbons (Fsp3) is 0.500. The summed E-state index contributed by atoms with van der Waals surface area (Å²) < 4.78 is 10.3. The van der Waals surface area contributed by atoms with Gasteiger partial charge in [0.05, 0.1) is 23.6 Å². The number of nitro groups is 1. The Kier molecular flexibility index (Phi) is 5.14. The van der Waals surface area contributed by atoms with Crippen LogP contribution < -0.4 is 0 Å². The highest BCUT2D eigenvalue weighted by atomic mass is 16.6. The van der Waals surface area contributed by atoms with Crippen LogP contribution >= 0.6 is 0 Å². The molecule has 2 atom stereocenters. The summed E-state index contributed by atoms with van der Waals surface area (Å²) in [4.78, 5) is 37.1. The van der Waals surface area contributed by atoms with Crippen molar-refractivity contribution < 1.29 is 24.0 Å². The zero-order valence-corrected chi connectivity index (χ0v) is 16.4. The van der Waals surface area contributed by atoms with Crippen LogP contribution in [0, 0.1) is 10.1 Å². The number of nitro benzene ring substituents is 1. The lowest BCUT2D eigenvalue weighted by atomic mass is 9.91. The number of esters is 1. The molecule has 0 spiro atoms. The Morgan fingerprint density at radius 2 is 1.96 bits per heavy atom. The van der Waals surface area contributed by atoms with Gasteiger partial charge in [0.2, 0.25) is 0 Å². The summed E-state index contributed by atoms with van der Waals surface area (Å²) in [6, 6.07) is 4.05. The first-order chi connectivity index (χ1) is 13.1. The monoisotopic (exact) mass is 388 g/mol. The first-order valence-electron chi connectivity index (χ1n) is 9.20. The Balaban J connectivity index is 1.94. The Bertz CT molecular complexity index is 855. The normalized spacial score (nSPS) is 21.1. The van der Waals surface area contributed by atoms with Gasteiger partial charge in [0.15, 0.2) is 0 Å². The van der Waals surface area contributed by atoms with Crippen molar-refractivity contribution in [3.8, 4) is 0 Å². The molecular formula is C20H24N2O6. The first kappa shape index (κ1) is 19.9. The van der Waals surface area contributed by atoms with Crippen LogP contribution in [-0.2, 0) is 9.47 Å². The molecule has 28 heavy (non-hydrogen) atoms.